The molecule has 0 amide bonds. The summed E-state index contributed by atoms with van der Waals surface area (Å²) in [5, 5.41) is 10.3. The molecule has 0 saturated heterocycles. The van der Waals surface area contributed by atoms with Crippen LogP contribution in [0.4, 0.5) is 0 Å². The van der Waals surface area contributed by atoms with Gasteiger partial charge >= 0.3 is 0 Å². The molecule has 0 bridgehead atoms. The van der Waals surface area contributed by atoms with Crippen molar-refractivity contribution in [2.45, 2.75) is 0 Å². The second-order valence-electron chi connectivity index (χ2n) is 2.69. The molecule has 0 atom stereocenters. The van der Waals surface area contributed by atoms with Crippen molar-refractivity contribution in [3.8, 4) is 5.75 Å². The van der Waals surface area contributed by atoms with E-state index in [-0.39, 0.29) is 27.1 Å². The van der Waals surface area contributed by atoms with Crippen molar-refractivity contribution in [2.75, 3.05) is 0 Å². The van der Waals surface area contributed by atoms with Gasteiger partial charge in [-0.3, -0.25) is 4.98 Å². The molecule has 1 radical (unpaired) electrons. The number of hydrogen-bond acceptors (Lipinski definition) is 3. The van der Waals surface area contributed by atoms with E-state index in [4.69, 9.17) is 5.73 Å². The average Bonchev–Trinajstić information content (AvgIpc) is 2.18. The molecule has 16 heavy (non-hydrogen) atoms. The van der Waals surface area contributed by atoms with Gasteiger partial charge < -0.3 is 10.8 Å². The Hall–Kier alpha value is -0.811. The van der Waals surface area contributed by atoms with Crippen LogP contribution in [0.5, 0.6) is 5.75 Å². The van der Waals surface area contributed by atoms with E-state index >= 15 is 0 Å². The maximum Gasteiger partial charge on any atom is 0.141 e. The predicted molar refractivity (Wildman–Crippen MR) is 69.2 cm³/mol. The van der Waals surface area contributed by atoms with E-state index in [1.165, 1.54) is 0 Å². The molecule has 6 heteroatoms. The van der Waals surface area contributed by atoms with Crippen LogP contribution >= 0.6 is 24.8 Å². The Labute approximate surface area is 115 Å². The summed E-state index contributed by atoms with van der Waals surface area (Å²) in [6.45, 7) is 0. The number of nitrogens with zero attached hydrogens (tertiary/aromatic N) is 1. The second kappa shape index (κ2) is 7.46. The number of pyridine rings is 1. The topological polar surface area (TPSA) is 59.1 Å². The Bertz CT molecular complexity index is 470. The van der Waals surface area contributed by atoms with Gasteiger partial charge in [-0.2, -0.15) is 0 Å². The fourth-order valence-electron chi connectivity index (χ4n) is 1.09. The van der Waals surface area contributed by atoms with Crippen LogP contribution in [0.2, 0.25) is 0 Å². The number of fused-ring (bicyclic) bond motifs is 1. The fourth-order valence-corrected chi connectivity index (χ4v) is 1.09. The molecule has 0 spiro atoms. The van der Waals surface area contributed by atoms with Crippen LogP contribution in [-0.4, -0.2) is 14.4 Å². The molecular weight excluding hydrogens is 292 g/mol. The number of phenols is 1. The summed E-state index contributed by atoms with van der Waals surface area (Å²) in [6, 6.07) is 9.13. The summed E-state index contributed by atoms with van der Waals surface area (Å²) in [5.74, 6) is 0.239. The molecule has 1 aromatic heterocycles. The third-order valence-electron chi connectivity index (χ3n) is 1.61. The minimum absolute atomic E-state index is 0. The standard InChI is InChI=1S/C9H7NO.CH3NS2.Cu/c11-8-5-1-3-7-4-2-6-10-9(7)8;2-1(3)4;/h1-6,11H;(H3,2,3,4);. The minimum atomic E-state index is 0. The first-order valence-electron chi connectivity index (χ1n) is 4.12. The van der Waals surface area contributed by atoms with Crippen molar-refractivity contribution in [1.82, 2.24) is 4.98 Å². The summed E-state index contributed by atoms with van der Waals surface area (Å²) in [7, 11) is 0. The number of para-hydroxylation sites is 1. The van der Waals surface area contributed by atoms with Gasteiger partial charge in [0.15, 0.2) is 0 Å². The molecule has 0 aliphatic rings. The third-order valence-corrected chi connectivity index (χ3v) is 1.61. The van der Waals surface area contributed by atoms with Gasteiger partial charge in [-0.25, -0.2) is 0 Å². The average molecular weight is 302 g/mol. The molecular formula is C10H10CuN2OS2. The van der Waals surface area contributed by atoms with Gasteiger partial charge in [0.2, 0.25) is 0 Å². The number of thiocarbonyl (C=S) groups is 1. The van der Waals surface area contributed by atoms with Crippen molar-refractivity contribution < 1.29 is 22.2 Å². The van der Waals surface area contributed by atoms with Crippen molar-refractivity contribution in [3.05, 3.63) is 36.5 Å². The van der Waals surface area contributed by atoms with E-state index < -0.39 is 0 Å². The Morgan fingerprint density at radius 3 is 2.44 bits per heavy atom. The Balaban J connectivity index is 0.000000397. The van der Waals surface area contributed by atoms with Crippen LogP contribution in [0.1, 0.15) is 0 Å². The number of rotatable bonds is 0. The summed E-state index contributed by atoms with van der Waals surface area (Å²) in [4.78, 5) is 4.03. The van der Waals surface area contributed by atoms with Gasteiger partial charge in [-0.1, -0.05) is 30.4 Å². The van der Waals surface area contributed by atoms with Crippen molar-refractivity contribution in [2.24, 2.45) is 5.73 Å². The molecule has 0 aliphatic carbocycles. The van der Waals surface area contributed by atoms with Gasteiger partial charge in [0.1, 0.15) is 15.6 Å². The van der Waals surface area contributed by atoms with Crippen molar-refractivity contribution in [3.63, 3.8) is 0 Å². The zero-order valence-corrected chi connectivity index (χ0v) is 10.7. The molecule has 1 heterocycles. The normalized spacial score (nSPS) is 8.56. The number of benzene rings is 1. The number of phenolic OH excluding ortho intramolecular Hbond substituents is 1. The van der Waals surface area contributed by atoms with Crippen LogP contribution < -0.4 is 5.73 Å². The molecule has 0 unspecified atom stereocenters. The zero-order valence-electron chi connectivity index (χ0n) is 8.09. The third kappa shape index (κ3) is 4.81. The molecule has 0 saturated carbocycles. The van der Waals surface area contributed by atoms with Crippen molar-refractivity contribution in [1.29, 1.82) is 0 Å². The number of thiol groups is 1. The van der Waals surface area contributed by atoms with E-state index in [9.17, 15) is 5.11 Å². The Morgan fingerprint density at radius 2 is 1.88 bits per heavy atom. The number of nitrogens with two attached hydrogens (primary N) is 1. The first-order chi connectivity index (χ1) is 7.11. The van der Waals surface area contributed by atoms with E-state index in [0.29, 0.717) is 5.52 Å². The van der Waals surface area contributed by atoms with Crippen LogP contribution in [0.15, 0.2) is 36.5 Å². The molecule has 89 valence electrons. The van der Waals surface area contributed by atoms with Gasteiger partial charge in [0.25, 0.3) is 0 Å². The van der Waals surface area contributed by atoms with Gasteiger partial charge in [0, 0.05) is 28.7 Å². The second-order valence-corrected chi connectivity index (χ2v) is 3.91. The largest absolute Gasteiger partial charge is 0.506 e. The smallest absolute Gasteiger partial charge is 0.141 e. The quantitative estimate of drug-likeness (QED) is 0.396. The molecule has 0 aliphatic heterocycles. The van der Waals surface area contributed by atoms with E-state index in [2.05, 4.69) is 29.8 Å². The van der Waals surface area contributed by atoms with Crippen LogP contribution in [0, 0.1) is 0 Å². The Kier molecular flexibility index (Phi) is 7.08. The first kappa shape index (κ1) is 15.2. The van der Waals surface area contributed by atoms with Gasteiger partial charge in [0.05, 0.1) is 0 Å². The molecule has 0 fully saturated rings. The van der Waals surface area contributed by atoms with Crippen LogP contribution in [-0.2, 0) is 17.1 Å². The van der Waals surface area contributed by atoms with Gasteiger partial charge in [-0.05, 0) is 12.1 Å². The summed E-state index contributed by atoms with van der Waals surface area (Å²) < 4.78 is 0.194. The molecule has 3 N–H and O–H groups in total. The Morgan fingerprint density at radius 1 is 1.31 bits per heavy atom. The SMILES string of the molecule is NC(=S)S.Oc1cccc2cccnc12.[Cu]. The maximum atomic E-state index is 9.31. The van der Waals surface area contributed by atoms with E-state index in [1.807, 2.05) is 18.2 Å². The monoisotopic (exact) mass is 301 g/mol. The summed E-state index contributed by atoms with van der Waals surface area (Å²) in [5.41, 5.74) is 5.37. The number of aromatic nitrogens is 1. The fraction of sp³-hybridized carbons (Fsp3) is 0. The molecule has 2 rings (SSSR count). The van der Waals surface area contributed by atoms with E-state index in [0.717, 1.165) is 5.39 Å². The van der Waals surface area contributed by atoms with E-state index in [1.54, 1.807) is 18.3 Å². The predicted octanol–water partition coefficient (Wildman–Crippen LogP) is 2.10. The number of aromatic hydroxyl groups is 1. The minimum Gasteiger partial charge on any atom is -0.506 e. The molecule has 2 aromatic rings. The summed E-state index contributed by atoms with van der Waals surface area (Å²) in [6.07, 6.45) is 1.67. The zero-order chi connectivity index (χ0) is 11.3. The summed E-state index contributed by atoms with van der Waals surface area (Å²) >= 11 is 7.65. The molecule has 3 nitrogen and oxygen atoms in total. The van der Waals surface area contributed by atoms with Crippen molar-refractivity contribution >= 4 is 40.1 Å². The maximum absolute atomic E-state index is 9.31. The van der Waals surface area contributed by atoms with Crippen LogP contribution in [0.25, 0.3) is 10.9 Å². The first-order valence-corrected chi connectivity index (χ1v) is 4.98. The van der Waals surface area contributed by atoms with Crippen LogP contribution in [0.3, 0.4) is 0 Å². The number of hydrogen-bond donors (Lipinski definition) is 3. The van der Waals surface area contributed by atoms with Gasteiger partial charge in [-0.15, -0.1) is 12.6 Å². The molecule has 1 aromatic carbocycles.